The Balaban J connectivity index is 2.78. The van der Waals surface area contributed by atoms with E-state index in [2.05, 4.69) is 11.4 Å². The van der Waals surface area contributed by atoms with Crippen molar-refractivity contribution >= 4 is 34.5 Å². The summed E-state index contributed by atoms with van der Waals surface area (Å²) in [6, 6.07) is 4.04. The number of thiocarbonyl (C=S) groups is 1. The highest BCUT2D eigenvalue weighted by Crippen LogP contribution is 2.27. The topological polar surface area (TPSA) is 38.0 Å². The third-order valence-electron chi connectivity index (χ3n) is 2.50. The molecule has 0 bridgehead atoms. The molecule has 0 heterocycles. The van der Waals surface area contributed by atoms with Crippen molar-refractivity contribution < 1.29 is 0 Å². The normalized spacial score (nSPS) is 12.2. The van der Waals surface area contributed by atoms with Crippen LogP contribution < -0.4 is 11.1 Å². The van der Waals surface area contributed by atoms with Gasteiger partial charge in [0.1, 0.15) is 0 Å². The largest absolute Gasteiger partial charge is 0.393 e. The van der Waals surface area contributed by atoms with Gasteiger partial charge in [-0.05, 0) is 31.0 Å². The van der Waals surface area contributed by atoms with E-state index in [1.807, 2.05) is 26.8 Å². The lowest BCUT2D eigenvalue weighted by atomic mass is 10.1. The van der Waals surface area contributed by atoms with Crippen LogP contribution in [0.5, 0.6) is 0 Å². The number of rotatable bonds is 4. The molecule has 1 atom stereocenters. The van der Waals surface area contributed by atoms with Crippen LogP contribution in [0.2, 0.25) is 5.02 Å². The van der Waals surface area contributed by atoms with Gasteiger partial charge in [0.2, 0.25) is 0 Å². The molecule has 16 heavy (non-hydrogen) atoms. The summed E-state index contributed by atoms with van der Waals surface area (Å²) in [5.41, 5.74) is 8.83. The van der Waals surface area contributed by atoms with E-state index >= 15 is 0 Å². The van der Waals surface area contributed by atoms with E-state index in [-0.39, 0.29) is 5.92 Å². The second-order valence-electron chi connectivity index (χ2n) is 4.12. The Morgan fingerprint density at radius 1 is 1.50 bits per heavy atom. The van der Waals surface area contributed by atoms with Crippen molar-refractivity contribution in [3.05, 3.63) is 28.3 Å². The maximum Gasteiger partial charge on any atom is 0.0773 e. The number of halogens is 1. The molecule has 0 saturated heterocycles. The lowest BCUT2D eigenvalue weighted by Gasteiger charge is -2.15. The van der Waals surface area contributed by atoms with Crippen molar-refractivity contribution in [1.82, 2.24) is 0 Å². The number of nitrogens with one attached hydrogen (secondary N) is 1. The molecule has 1 rings (SSSR count). The van der Waals surface area contributed by atoms with Crippen molar-refractivity contribution in [2.45, 2.75) is 20.8 Å². The zero-order valence-corrected chi connectivity index (χ0v) is 11.4. The first-order chi connectivity index (χ1) is 7.41. The van der Waals surface area contributed by atoms with Crippen LogP contribution in [0.4, 0.5) is 5.69 Å². The zero-order chi connectivity index (χ0) is 12.3. The van der Waals surface area contributed by atoms with E-state index in [4.69, 9.17) is 29.6 Å². The molecule has 0 aliphatic rings. The number of benzene rings is 1. The molecular formula is C12H17ClN2S. The van der Waals surface area contributed by atoms with Gasteiger partial charge in [-0.15, -0.1) is 0 Å². The molecular weight excluding hydrogens is 240 g/mol. The quantitative estimate of drug-likeness (QED) is 0.812. The van der Waals surface area contributed by atoms with Gasteiger partial charge >= 0.3 is 0 Å². The minimum Gasteiger partial charge on any atom is -0.393 e. The molecule has 1 aromatic rings. The Hall–Kier alpha value is -0.800. The Labute approximate surface area is 107 Å². The lowest BCUT2D eigenvalue weighted by Crippen LogP contribution is -2.25. The van der Waals surface area contributed by atoms with Gasteiger partial charge in [-0.3, -0.25) is 0 Å². The summed E-state index contributed by atoms with van der Waals surface area (Å²) in [6.07, 6.45) is 0. The van der Waals surface area contributed by atoms with Crippen molar-refractivity contribution in [2.24, 2.45) is 11.7 Å². The summed E-state index contributed by atoms with van der Waals surface area (Å²) in [6.45, 7) is 6.76. The van der Waals surface area contributed by atoms with E-state index < -0.39 is 0 Å². The third kappa shape index (κ3) is 3.35. The lowest BCUT2D eigenvalue weighted by molar-refractivity contribution is 0.820. The molecule has 0 radical (unpaired) electrons. The summed E-state index contributed by atoms with van der Waals surface area (Å²) >= 11 is 11.1. The second-order valence-corrected chi connectivity index (χ2v) is 5.00. The number of aryl methyl sites for hydroxylation is 2. The fourth-order valence-electron chi connectivity index (χ4n) is 1.50. The SMILES string of the molecule is Cc1cc(C)c(NCC(C)C(N)=S)c(Cl)c1. The van der Waals surface area contributed by atoms with Crippen LogP contribution in [0, 0.1) is 19.8 Å². The van der Waals surface area contributed by atoms with E-state index in [1.165, 1.54) is 0 Å². The summed E-state index contributed by atoms with van der Waals surface area (Å²) in [7, 11) is 0. The molecule has 3 N–H and O–H groups in total. The molecule has 0 saturated carbocycles. The predicted molar refractivity (Wildman–Crippen MR) is 75.4 cm³/mol. The molecule has 4 heteroatoms. The highest BCUT2D eigenvalue weighted by Gasteiger charge is 2.08. The molecule has 88 valence electrons. The van der Waals surface area contributed by atoms with Crippen molar-refractivity contribution in [3.63, 3.8) is 0 Å². The van der Waals surface area contributed by atoms with E-state index in [0.29, 0.717) is 11.5 Å². The van der Waals surface area contributed by atoms with Crippen LogP contribution in [0.15, 0.2) is 12.1 Å². The number of anilines is 1. The number of hydrogen-bond donors (Lipinski definition) is 2. The summed E-state index contributed by atoms with van der Waals surface area (Å²) in [4.78, 5) is 0.522. The highest BCUT2D eigenvalue weighted by atomic mass is 35.5. The number of nitrogens with two attached hydrogens (primary N) is 1. The van der Waals surface area contributed by atoms with E-state index in [9.17, 15) is 0 Å². The summed E-state index contributed by atoms with van der Waals surface area (Å²) < 4.78 is 0. The molecule has 0 spiro atoms. The summed E-state index contributed by atoms with van der Waals surface area (Å²) in [5.74, 6) is 0.159. The van der Waals surface area contributed by atoms with Crippen molar-refractivity contribution in [3.8, 4) is 0 Å². The maximum atomic E-state index is 6.17. The van der Waals surface area contributed by atoms with Crippen molar-refractivity contribution in [1.29, 1.82) is 0 Å². The predicted octanol–water partition coefficient (Wildman–Crippen LogP) is 3.29. The van der Waals surface area contributed by atoms with Gasteiger partial charge in [0, 0.05) is 12.5 Å². The van der Waals surface area contributed by atoms with Gasteiger partial charge in [0.25, 0.3) is 0 Å². The first kappa shape index (κ1) is 13.3. The van der Waals surface area contributed by atoms with Gasteiger partial charge < -0.3 is 11.1 Å². The average Bonchev–Trinajstić information content (AvgIpc) is 2.15. The average molecular weight is 257 g/mol. The van der Waals surface area contributed by atoms with Crippen LogP contribution in [0.1, 0.15) is 18.1 Å². The van der Waals surface area contributed by atoms with Gasteiger partial charge in [-0.25, -0.2) is 0 Å². The standard InChI is InChI=1S/C12H17ClN2S/c1-7-4-8(2)11(10(13)5-7)15-6-9(3)12(14)16/h4-5,9,15H,6H2,1-3H3,(H2,14,16). The highest BCUT2D eigenvalue weighted by molar-refractivity contribution is 7.80. The molecule has 0 aliphatic carbocycles. The molecule has 1 unspecified atom stereocenters. The first-order valence-corrected chi connectivity index (χ1v) is 6.00. The van der Waals surface area contributed by atoms with Gasteiger partial charge in [0.15, 0.2) is 0 Å². The Morgan fingerprint density at radius 2 is 2.12 bits per heavy atom. The molecule has 2 nitrogen and oxygen atoms in total. The zero-order valence-electron chi connectivity index (χ0n) is 9.80. The monoisotopic (exact) mass is 256 g/mol. The molecule has 0 fully saturated rings. The van der Waals surface area contributed by atoms with Crippen LogP contribution in [-0.2, 0) is 0 Å². The Bertz CT molecular complexity index is 381. The summed E-state index contributed by atoms with van der Waals surface area (Å²) in [5, 5.41) is 4.03. The van der Waals surface area contributed by atoms with Crippen LogP contribution in [-0.4, -0.2) is 11.5 Å². The van der Waals surface area contributed by atoms with Gasteiger partial charge in [0.05, 0.1) is 15.7 Å². The smallest absolute Gasteiger partial charge is 0.0773 e. The minimum atomic E-state index is 0.159. The fourth-order valence-corrected chi connectivity index (χ4v) is 1.97. The van der Waals surface area contributed by atoms with E-state index in [1.54, 1.807) is 0 Å². The Morgan fingerprint density at radius 3 is 2.62 bits per heavy atom. The van der Waals surface area contributed by atoms with Gasteiger partial charge in [-0.2, -0.15) is 0 Å². The van der Waals surface area contributed by atoms with Crippen LogP contribution in [0.25, 0.3) is 0 Å². The molecule has 0 aliphatic heterocycles. The van der Waals surface area contributed by atoms with E-state index in [0.717, 1.165) is 21.8 Å². The molecule has 0 amide bonds. The molecule has 0 aromatic heterocycles. The second kappa shape index (κ2) is 5.51. The minimum absolute atomic E-state index is 0.159. The number of hydrogen-bond acceptors (Lipinski definition) is 2. The van der Waals surface area contributed by atoms with Crippen LogP contribution in [0.3, 0.4) is 0 Å². The fraction of sp³-hybridized carbons (Fsp3) is 0.417. The molecule has 1 aromatic carbocycles. The first-order valence-electron chi connectivity index (χ1n) is 5.21. The maximum absolute atomic E-state index is 6.17. The van der Waals surface area contributed by atoms with Crippen LogP contribution >= 0.6 is 23.8 Å². The van der Waals surface area contributed by atoms with Crippen molar-refractivity contribution in [2.75, 3.05) is 11.9 Å². The Kier molecular flexibility index (Phi) is 4.56. The third-order valence-corrected chi connectivity index (χ3v) is 3.20. The van der Waals surface area contributed by atoms with Gasteiger partial charge in [-0.1, -0.05) is 36.8 Å².